The van der Waals surface area contributed by atoms with Gasteiger partial charge in [-0.3, -0.25) is 4.79 Å². The van der Waals surface area contributed by atoms with Gasteiger partial charge in [0.25, 0.3) is 5.91 Å². The Labute approximate surface area is 172 Å². The van der Waals surface area contributed by atoms with E-state index in [4.69, 9.17) is 4.74 Å². The average Bonchev–Trinajstić information content (AvgIpc) is 3.07. The van der Waals surface area contributed by atoms with E-state index < -0.39 is 0 Å². The molecule has 6 heteroatoms. The molecule has 4 nitrogen and oxygen atoms in total. The number of hydrogen-bond donors (Lipinski definition) is 1. The van der Waals surface area contributed by atoms with Crippen LogP contribution in [0.25, 0.3) is 0 Å². The van der Waals surface area contributed by atoms with Gasteiger partial charge in [0.15, 0.2) is 0 Å². The highest BCUT2D eigenvalue weighted by molar-refractivity contribution is 8.01. The summed E-state index contributed by atoms with van der Waals surface area (Å²) in [6.45, 7) is 6.09. The van der Waals surface area contributed by atoms with Crippen molar-refractivity contribution in [3.63, 3.8) is 0 Å². The maximum absolute atomic E-state index is 12.6. The number of ether oxygens (including phenoxy) is 1. The second-order valence-electron chi connectivity index (χ2n) is 6.27. The summed E-state index contributed by atoms with van der Waals surface area (Å²) < 4.78 is 5.95. The van der Waals surface area contributed by atoms with Crippen molar-refractivity contribution < 1.29 is 14.3 Å². The molecule has 2 aromatic carbocycles. The van der Waals surface area contributed by atoms with Crippen LogP contribution >= 0.6 is 23.1 Å². The summed E-state index contributed by atoms with van der Waals surface area (Å²) in [6.07, 6.45) is 0. The maximum atomic E-state index is 12.6. The molecule has 0 aliphatic carbocycles. The lowest BCUT2D eigenvalue weighted by atomic mass is 10.1. The van der Waals surface area contributed by atoms with E-state index in [0.717, 1.165) is 14.7 Å². The minimum Gasteiger partial charge on any atom is -0.462 e. The third-order valence-electron chi connectivity index (χ3n) is 3.97. The van der Waals surface area contributed by atoms with Gasteiger partial charge in [-0.05, 0) is 51.1 Å². The number of aryl methyl sites for hydroxylation is 2. The molecule has 1 amide bonds. The Kier molecular flexibility index (Phi) is 6.54. The third-order valence-corrected chi connectivity index (χ3v) is 6.29. The Morgan fingerprint density at radius 1 is 1.00 bits per heavy atom. The van der Waals surface area contributed by atoms with Crippen LogP contribution in [0.2, 0.25) is 0 Å². The van der Waals surface area contributed by atoms with Gasteiger partial charge in [0.05, 0.1) is 16.5 Å². The van der Waals surface area contributed by atoms with Gasteiger partial charge in [-0.2, -0.15) is 0 Å². The first-order chi connectivity index (χ1) is 13.5. The van der Waals surface area contributed by atoms with Crippen LogP contribution < -0.4 is 5.32 Å². The lowest BCUT2D eigenvalue weighted by Gasteiger charge is -2.07. The van der Waals surface area contributed by atoms with E-state index in [2.05, 4.69) is 5.32 Å². The van der Waals surface area contributed by atoms with E-state index in [9.17, 15) is 9.59 Å². The molecule has 0 unspecified atom stereocenters. The van der Waals surface area contributed by atoms with Crippen LogP contribution in [0, 0.1) is 13.8 Å². The molecule has 1 heterocycles. The summed E-state index contributed by atoms with van der Waals surface area (Å²) in [6, 6.07) is 17.2. The second kappa shape index (κ2) is 9.08. The fourth-order valence-electron chi connectivity index (χ4n) is 2.45. The average molecular weight is 412 g/mol. The van der Waals surface area contributed by atoms with E-state index in [1.807, 2.05) is 50.2 Å². The Morgan fingerprint density at radius 3 is 2.21 bits per heavy atom. The van der Waals surface area contributed by atoms with Crippen LogP contribution in [0.1, 0.15) is 38.1 Å². The molecule has 144 valence electrons. The van der Waals surface area contributed by atoms with E-state index in [1.165, 1.54) is 28.7 Å². The fourth-order valence-corrected chi connectivity index (χ4v) is 4.62. The molecule has 0 bridgehead atoms. The Hall–Kier alpha value is -2.57. The number of rotatable bonds is 6. The zero-order valence-corrected chi connectivity index (χ0v) is 17.6. The first-order valence-electron chi connectivity index (χ1n) is 8.89. The molecule has 28 heavy (non-hydrogen) atoms. The smallest absolute Gasteiger partial charge is 0.348 e. The van der Waals surface area contributed by atoms with Gasteiger partial charge >= 0.3 is 5.97 Å². The van der Waals surface area contributed by atoms with Gasteiger partial charge in [-0.15, -0.1) is 11.3 Å². The summed E-state index contributed by atoms with van der Waals surface area (Å²) in [5, 5.41) is 2.94. The summed E-state index contributed by atoms with van der Waals surface area (Å²) in [5.41, 5.74) is 3.45. The molecule has 1 N–H and O–H groups in total. The minimum atomic E-state index is -0.380. The predicted molar refractivity (Wildman–Crippen MR) is 115 cm³/mol. The van der Waals surface area contributed by atoms with Crippen LogP contribution in [-0.4, -0.2) is 18.5 Å². The molecule has 3 aromatic rings. The van der Waals surface area contributed by atoms with Crippen molar-refractivity contribution in [2.24, 2.45) is 0 Å². The number of benzene rings is 2. The second-order valence-corrected chi connectivity index (χ2v) is 8.66. The molecule has 0 fully saturated rings. The van der Waals surface area contributed by atoms with Crippen LogP contribution in [0.5, 0.6) is 0 Å². The Morgan fingerprint density at radius 2 is 1.61 bits per heavy atom. The van der Waals surface area contributed by atoms with E-state index in [1.54, 1.807) is 25.1 Å². The van der Waals surface area contributed by atoms with Gasteiger partial charge in [-0.25, -0.2) is 4.79 Å². The number of esters is 1. The topological polar surface area (TPSA) is 55.4 Å². The summed E-state index contributed by atoms with van der Waals surface area (Å²) in [4.78, 5) is 26.3. The van der Waals surface area contributed by atoms with Gasteiger partial charge in [0.1, 0.15) is 4.88 Å². The molecular weight excluding hydrogens is 390 g/mol. The number of hydrogen-bond acceptors (Lipinski definition) is 5. The molecule has 0 saturated carbocycles. The first-order valence-corrected chi connectivity index (χ1v) is 10.5. The molecule has 3 rings (SSSR count). The molecule has 0 saturated heterocycles. The highest BCUT2D eigenvalue weighted by atomic mass is 32.2. The number of thiophene rings is 1. The minimum absolute atomic E-state index is 0.209. The molecule has 0 aliphatic rings. The van der Waals surface area contributed by atoms with Crippen molar-refractivity contribution in [1.82, 2.24) is 0 Å². The van der Waals surface area contributed by atoms with Crippen molar-refractivity contribution >= 4 is 40.7 Å². The van der Waals surface area contributed by atoms with Gasteiger partial charge < -0.3 is 10.1 Å². The SMILES string of the molecule is CCOC(=O)c1cc(NC(=O)c2ccc(C)cc2)c(Sc2ccc(C)cc2)s1. The standard InChI is InChI=1S/C22H21NO3S2/c1-4-26-21(25)19-13-18(23-20(24)16-9-5-14(2)6-10-16)22(28-19)27-17-11-7-15(3)8-12-17/h5-13H,4H2,1-3H3,(H,23,24). The number of carbonyl (C=O) groups is 2. The maximum Gasteiger partial charge on any atom is 0.348 e. The van der Waals surface area contributed by atoms with Gasteiger partial charge in [-0.1, -0.05) is 47.2 Å². The Balaban J connectivity index is 1.88. The molecular formula is C22H21NO3S2. The van der Waals surface area contributed by atoms with Crippen LogP contribution in [-0.2, 0) is 4.74 Å². The van der Waals surface area contributed by atoms with Crippen LogP contribution in [0.3, 0.4) is 0 Å². The quantitative estimate of drug-likeness (QED) is 0.510. The predicted octanol–water partition coefficient (Wildman–Crippen LogP) is 5.95. The first kappa shape index (κ1) is 20.2. The highest BCUT2D eigenvalue weighted by Gasteiger charge is 2.19. The van der Waals surface area contributed by atoms with Crippen molar-refractivity contribution in [3.05, 3.63) is 76.2 Å². The zero-order chi connectivity index (χ0) is 20.1. The molecule has 0 spiro atoms. The van der Waals surface area contributed by atoms with E-state index in [0.29, 0.717) is 22.7 Å². The third kappa shape index (κ3) is 5.03. The van der Waals surface area contributed by atoms with Crippen molar-refractivity contribution in [1.29, 1.82) is 0 Å². The van der Waals surface area contributed by atoms with E-state index in [-0.39, 0.29) is 11.9 Å². The van der Waals surface area contributed by atoms with E-state index >= 15 is 0 Å². The van der Waals surface area contributed by atoms with Gasteiger partial charge in [0, 0.05) is 10.5 Å². The zero-order valence-electron chi connectivity index (χ0n) is 15.9. The van der Waals surface area contributed by atoms with Gasteiger partial charge in [0.2, 0.25) is 0 Å². The summed E-state index contributed by atoms with van der Waals surface area (Å²) in [5.74, 6) is -0.590. The molecule has 1 aromatic heterocycles. The van der Waals surface area contributed by atoms with Crippen LogP contribution in [0.4, 0.5) is 5.69 Å². The highest BCUT2D eigenvalue weighted by Crippen LogP contribution is 2.40. The van der Waals surface area contributed by atoms with Crippen molar-refractivity contribution in [2.75, 3.05) is 11.9 Å². The van der Waals surface area contributed by atoms with Crippen molar-refractivity contribution in [3.8, 4) is 0 Å². The van der Waals surface area contributed by atoms with Crippen molar-refractivity contribution in [2.45, 2.75) is 29.9 Å². The summed E-state index contributed by atoms with van der Waals surface area (Å²) in [7, 11) is 0. The lowest BCUT2D eigenvalue weighted by molar-refractivity contribution is 0.0532. The lowest BCUT2D eigenvalue weighted by Crippen LogP contribution is -2.11. The molecule has 0 atom stereocenters. The molecule has 0 radical (unpaired) electrons. The Bertz CT molecular complexity index is 976. The molecule has 0 aliphatic heterocycles. The monoisotopic (exact) mass is 411 g/mol. The number of nitrogens with one attached hydrogen (secondary N) is 1. The van der Waals surface area contributed by atoms with Crippen LogP contribution in [0.15, 0.2) is 63.7 Å². The fraction of sp³-hybridized carbons (Fsp3) is 0.182. The number of carbonyl (C=O) groups excluding carboxylic acids is 2. The summed E-state index contributed by atoms with van der Waals surface area (Å²) >= 11 is 2.83. The normalized spacial score (nSPS) is 10.5. The number of anilines is 1. The largest absolute Gasteiger partial charge is 0.462 e. The number of amides is 1.